The first kappa shape index (κ1) is 11.9. The molecule has 0 saturated carbocycles. The van der Waals surface area contributed by atoms with Gasteiger partial charge in [-0.2, -0.15) is 0 Å². The summed E-state index contributed by atoms with van der Waals surface area (Å²) < 4.78 is 0. The Balaban J connectivity index is 2.24. The number of nitrogens with zero attached hydrogens (tertiary/aromatic N) is 1. The Hall–Kier alpha value is -2.94. The fourth-order valence-electron chi connectivity index (χ4n) is 2.71. The highest BCUT2D eigenvalue weighted by Crippen LogP contribution is 2.30. The minimum absolute atomic E-state index is 0.157. The van der Waals surface area contributed by atoms with Gasteiger partial charge in [-0.3, -0.25) is 4.79 Å². The Morgan fingerprint density at radius 2 is 1.48 bits per heavy atom. The van der Waals surface area contributed by atoms with Crippen molar-refractivity contribution in [3.8, 4) is 11.3 Å². The molecule has 4 rings (SSSR count). The van der Waals surface area contributed by atoms with Crippen molar-refractivity contribution in [2.45, 2.75) is 0 Å². The molecule has 0 aliphatic carbocycles. The lowest BCUT2D eigenvalue weighted by Crippen LogP contribution is -2.07. The Morgan fingerprint density at radius 3 is 2.29 bits per heavy atom. The average Bonchev–Trinajstić information content (AvgIpc) is 2.55. The van der Waals surface area contributed by atoms with Crippen LogP contribution < -0.4 is 5.56 Å². The van der Waals surface area contributed by atoms with E-state index in [2.05, 4.69) is 9.97 Å². The highest BCUT2D eigenvalue weighted by atomic mass is 16.1. The topological polar surface area (TPSA) is 45.8 Å². The lowest BCUT2D eigenvalue weighted by Gasteiger charge is -2.09. The Morgan fingerprint density at radius 1 is 0.762 bits per heavy atom. The quantitative estimate of drug-likeness (QED) is 0.536. The number of hydrogen-bond donors (Lipinski definition) is 1. The Kier molecular flexibility index (Phi) is 2.57. The zero-order chi connectivity index (χ0) is 14.2. The SMILES string of the molecule is O=c1[nH]ccc2c1nc(-c1ccccc1)c1ccccc12. The summed E-state index contributed by atoms with van der Waals surface area (Å²) in [6, 6.07) is 19.9. The first-order chi connectivity index (χ1) is 10.3. The van der Waals surface area contributed by atoms with Crippen LogP contribution in [0.3, 0.4) is 0 Å². The number of benzene rings is 2. The van der Waals surface area contributed by atoms with Gasteiger partial charge in [-0.05, 0) is 11.5 Å². The monoisotopic (exact) mass is 272 g/mol. The van der Waals surface area contributed by atoms with E-state index in [1.165, 1.54) is 0 Å². The molecule has 0 bridgehead atoms. The van der Waals surface area contributed by atoms with Crippen LogP contribution in [0.2, 0.25) is 0 Å². The summed E-state index contributed by atoms with van der Waals surface area (Å²) in [4.78, 5) is 19.4. The molecular formula is C18H12N2O. The molecule has 0 radical (unpaired) electrons. The van der Waals surface area contributed by atoms with Gasteiger partial charge in [0.05, 0.1) is 5.69 Å². The summed E-state index contributed by atoms with van der Waals surface area (Å²) >= 11 is 0. The second-order valence-electron chi connectivity index (χ2n) is 4.94. The predicted octanol–water partition coefficient (Wildman–Crippen LogP) is 3.74. The number of nitrogens with one attached hydrogen (secondary N) is 1. The standard InChI is InChI=1S/C18H12N2O/c21-18-17-15(10-11-19-18)13-8-4-5-9-14(13)16(20-17)12-6-2-1-3-7-12/h1-11H,(H,19,21). The van der Waals surface area contributed by atoms with Crippen molar-refractivity contribution in [1.29, 1.82) is 0 Å². The molecule has 4 aromatic rings. The highest BCUT2D eigenvalue weighted by molar-refractivity contribution is 6.10. The van der Waals surface area contributed by atoms with Crippen LogP contribution in [0, 0.1) is 0 Å². The lowest BCUT2D eigenvalue weighted by atomic mass is 10.0. The molecule has 0 aliphatic heterocycles. The van der Waals surface area contributed by atoms with E-state index in [4.69, 9.17) is 0 Å². The van der Waals surface area contributed by atoms with E-state index in [1.807, 2.05) is 60.7 Å². The van der Waals surface area contributed by atoms with Gasteiger partial charge in [0.1, 0.15) is 5.52 Å². The van der Waals surface area contributed by atoms with Crippen LogP contribution in [0.4, 0.5) is 0 Å². The van der Waals surface area contributed by atoms with E-state index >= 15 is 0 Å². The summed E-state index contributed by atoms with van der Waals surface area (Å²) in [5.41, 5.74) is 2.18. The van der Waals surface area contributed by atoms with Crippen molar-refractivity contribution in [2.24, 2.45) is 0 Å². The van der Waals surface area contributed by atoms with Crippen molar-refractivity contribution in [1.82, 2.24) is 9.97 Å². The number of pyridine rings is 2. The van der Waals surface area contributed by atoms with Gasteiger partial charge in [-0.25, -0.2) is 4.98 Å². The van der Waals surface area contributed by atoms with E-state index in [0.717, 1.165) is 27.4 Å². The molecule has 0 spiro atoms. The second-order valence-corrected chi connectivity index (χ2v) is 4.94. The fourth-order valence-corrected chi connectivity index (χ4v) is 2.71. The van der Waals surface area contributed by atoms with Crippen molar-refractivity contribution < 1.29 is 0 Å². The molecule has 0 unspecified atom stereocenters. The van der Waals surface area contributed by atoms with Gasteiger partial charge >= 0.3 is 0 Å². The maximum absolute atomic E-state index is 12.1. The van der Waals surface area contributed by atoms with E-state index in [1.54, 1.807) is 6.20 Å². The van der Waals surface area contributed by atoms with Crippen LogP contribution in [-0.2, 0) is 0 Å². The minimum Gasteiger partial charge on any atom is -0.327 e. The Bertz CT molecular complexity index is 1000. The van der Waals surface area contributed by atoms with Crippen LogP contribution in [0.5, 0.6) is 0 Å². The van der Waals surface area contributed by atoms with Crippen LogP contribution in [-0.4, -0.2) is 9.97 Å². The zero-order valence-corrected chi connectivity index (χ0v) is 11.2. The number of aromatic nitrogens is 2. The van der Waals surface area contributed by atoms with Crippen LogP contribution >= 0.6 is 0 Å². The maximum atomic E-state index is 12.1. The number of H-pyrrole nitrogens is 1. The van der Waals surface area contributed by atoms with Crippen LogP contribution in [0.1, 0.15) is 0 Å². The zero-order valence-electron chi connectivity index (χ0n) is 11.2. The molecule has 2 aromatic heterocycles. The number of fused-ring (bicyclic) bond motifs is 3. The van der Waals surface area contributed by atoms with Gasteiger partial charge in [0, 0.05) is 22.5 Å². The third kappa shape index (κ3) is 1.82. The van der Waals surface area contributed by atoms with Gasteiger partial charge in [-0.15, -0.1) is 0 Å². The van der Waals surface area contributed by atoms with E-state index < -0.39 is 0 Å². The number of rotatable bonds is 1. The molecular weight excluding hydrogens is 260 g/mol. The average molecular weight is 272 g/mol. The van der Waals surface area contributed by atoms with Gasteiger partial charge < -0.3 is 4.98 Å². The van der Waals surface area contributed by atoms with Gasteiger partial charge in [-0.1, -0.05) is 54.6 Å². The molecule has 0 amide bonds. The predicted molar refractivity (Wildman–Crippen MR) is 85.3 cm³/mol. The fraction of sp³-hybridized carbons (Fsp3) is 0. The largest absolute Gasteiger partial charge is 0.327 e. The molecule has 3 heteroatoms. The third-order valence-corrected chi connectivity index (χ3v) is 3.68. The number of hydrogen-bond acceptors (Lipinski definition) is 2. The van der Waals surface area contributed by atoms with Gasteiger partial charge in [0.25, 0.3) is 5.56 Å². The van der Waals surface area contributed by atoms with E-state index in [9.17, 15) is 4.79 Å². The molecule has 3 nitrogen and oxygen atoms in total. The molecule has 1 N–H and O–H groups in total. The van der Waals surface area contributed by atoms with Crippen LogP contribution in [0.15, 0.2) is 71.7 Å². The third-order valence-electron chi connectivity index (χ3n) is 3.68. The molecule has 0 fully saturated rings. The summed E-state index contributed by atoms with van der Waals surface area (Å²) in [6.45, 7) is 0. The normalized spacial score (nSPS) is 11.0. The maximum Gasteiger partial charge on any atom is 0.274 e. The summed E-state index contributed by atoms with van der Waals surface area (Å²) in [7, 11) is 0. The van der Waals surface area contributed by atoms with E-state index in [0.29, 0.717) is 5.52 Å². The van der Waals surface area contributed by atoms with Gasteiger partial charge in [0.2, 0.25) is 0 Å². The molecule has 100 valence electrons. The van der Waals surface area contributed by atoms with Gasteiger partial charge in [0.15, 0.2) is 0 Å². The molecule has 21 heavy (non-hydrogen) atoms. The van der Waals surface area contributed by atoms with Crippen LogP contribution in [0.25, 0.3) is 32.9 Å². The minimum atomic E-state index is -0.157. The number of aromatic amines is 1. The van der Waals surface area contributed by atoms with Crippen molar-refractivity contribution in [2.75, 3.05) is 0 Å². The first-order valence-electron chi connectivity index (χ1n) is 6.80. The lowest BCUT2D eigenvalue weighted by molar-refractivity contribution is 1.24. The van der Waals surface area contributed by atoms with E-state index in [-0.39, 0.29) is 5.56 Å². The molecule has 0 saturated heterocycles. The van der Waals surface area contributed by atoms with Crippen molar-refractivity contribution >= 4 is 21.7 Å². The molecule has 0 aliphatic rings. The summed E-state index contributed by atoms with van der Waals surface area (Å²) in [5, 5.41) is 2.99. The van der Waals surface area contributed by atoms with Crippen molar-refractivity contribution in [3.05, 3.63) is 77.2 Å². The second kappa shape index (κ2) is 4.56. The molecule has 0 atom stereocenters. The Labute approximate surface area is 120 Å². The highest BCUT2D eigenvalue weighted by Gasteiger charge is 2.11. The molecule has 2 heterocycles. The summed E-state index contributed by atoms with van der Waals surface area (Å²) in [6.07, 6.45) is 1.67. The summed E-state index contributed by atoms with van der Waals surface area (Å²) in [5.74, 6) is 0. The molecule has 2 aromatic carbocycles. The smallest absolute Gasteiger partial charge is 0.274 e. The first-order valence-corrected chi connectivity index (χ1v) is 6.80. The van der Waals surface area contributed by atoms with Crippen molar-refractivity contribution in [3.63, 3.8) is 0 Å².